The minimum absolute atomic E-state index is 0.0102. The van der Waals surface area contributed by atoms with E-state index in [2.05, 4.69) is 0 Å². The van der Waals surface area contributed by atoms with Gasteiger partial charge in [-0.2, -0.15) is 0 Å². The minimum Gasteiger partial charge on any atom is -0.508 e. The molecule has 0 fully saturated rings. The summed E-state index contributed by atoms with van der Waals surface area (Å²) in [6, 6.07) is 2.89. The zero-order valence-electron chi connectivity index (χ0n) is 8.56. The summed E-state index contributed by atoms with van der Waals surface area (Å²) in [6.45, 7) is 3.07. The molecule has 1 heterocycles. The van der Waals surface area contributed by atoms with Gasteiger partial charge in [-0.1, -0.05) is 0 Å². The summed E-state index contributed by atoms with van der Waals surface area (Å²) in [6.07, 6.45) is 0.602. The van der Waals surface area contributed by atoms with Gasteiger partial charge in [-0.15, -0.1) is 0 Å². The van der Waals surface area contributed by atoms with Crippen molar-refractivity contribution in [1.29, 1.82) is 0 Å². The largest absolute Gasteiger partial charge is 0.508 e. The number of phenolic OH excluding ortho intramolecular Hbond substituents is 2. The Morgan fingerprint density at radius 1 is 1.47 bits per heavy atom. The monoisotopic (exact) mass is 210 g/mol. The second-order valence-electron chi connectivity index (χ2n) is 3.56. The third-order valence-electron chi connectivity index (χ3n) is 2.37. The number of hydrogen-bond acceptors (Lipinski definition) is 4. The minimum atomic E-state index is -0.0624. The predicted molar refractivity (Wildman–Crippen MR) is 54.4 cm³/mol. The fraction of sp³-hybridized carbons (Fsp3) is 0.455. The van der Waals surface area contributed by atoms with Gasteiger partial charge in [-0.25, -0.2) is 0 Å². The fourth-order valence-electron chi connectivity index (χ4n) is 1.74. The molecule has 0 bridgehead atoms. The molecular formula is C11H14O4. The quantitative estimate of drug-likeness (QED) is 0.792. The first kappa shape index (κ1) is 10.1. The molecule has 2 N–H and O–H groups in total. The van der Waals surface area contributed by atoms with Gasteiger partial charge in [-0.05, 0) is 13.0 Å². The van der Waals surface area contributed by atoms with Crippen LogP contribution in [0.2, 0.25) is 0 Å². The maximum absolute atomic E-state index is 9.53. The van der Waals surface area contributed by atoms with Gasteiger partial charge in [0.2, 0.25) is 0 Å². The summed E-state index contributed by atoms with van der Waals surface area (Å²) in [5.74, 6) is 0.522. The van der Waals surface area contributed by atoms with Crippen LogP contribution in [-0.2, 0) is 11.2 Å². The van der Waals surface area contributed by atoms with Crippen LogP contribution in [0.25, 0.3) is 0 Å². The third-order valence-corrected chi connectivity index (χ3v) is 2.37. The molecule has 0 saturated heterocycles. The molecule has 15 heavy (non-hydrogen) atoms. The number of aromatic hydroxyl groups is 2. The van der Waals surface area contributed by atoms with Crippen molar-refractivity contribution < 1.29 is 19.7 Å². The van der Waals surface area contributed by atoms with E-state index in [0.29, 0.717) is 25.4 Å². The van der Waals surface area contributed by atoms with Gasteiger partial charge in [0.25, 0.3) is 0 Å². The highest BCUT2D eigenvalue weighted by molar-refractivity contribution is 5.52. The third kappa shape index (κ3) is 1.99. The van der Waals surface area contributed by atoms with Crippen LogP contribution >= 0.6 is 0 Å². The van der Waals surface area contributed by atoms with Crippen LogP contribution in [0.1, 0.15) is 12.5 Å². The van der Waals surface area contributed by atoms with Crippen molar-refractivity contribution in [3.05, 3.63) is 17.7 Å². The lowest BCUT2D eigenvalue weighted by Crippen LogP contribution is -2.20. The second kappa shape index (κ2) is 3.98. The van der Waals surface area contributed by atoms with Crippen molar-refractivity contribution in [2.45, 2.75) is 19.4 Å². The molecular weight excluding hydrogens is 196 g/mol. The molecule has 2 rings (SSSR count). The number of fused-ring (bicyclic) bond motifs is 1. The SMILES string of the molecule is CCOCC1Cc2cc(O)cc(O)c2O1. The Morgan fingerprint density at radius 2 is 2.27 bits per heavy atom. The Bertz CT molecular complexity index is 362. The molecule has 4 heteroatoms. The number of phenols is 2. The molecule has 0 saturated carbocycles. The fourth-order valence-corrected chi connectivity index (χ4v) is 1.74. The van der Waals surface area contributed by atoms with Gasteiger partial charge in [-0.3, -0.25) is 0 Å². The predicted octanol–water partition coefficient (Wildman–Crippen LogP) is 1.44. The van der Waals surface area contributed by atoms with Crippen LogP contribution in [0.5, 0.6) is 17.2 Å². The average Bonchev–Trinajstić information content (AvgIpc) is 2.57. The molecule has 1 aliphatic rings. The molecule has 1 atom stereocenters. The van der Waals surface area contributed by atoms with Crippen molar-refractivity contribution in [1.82, 2.24) is 0 Å². The lowest BCUT2D eigenvalue weighted by Gasteiger charge is -2.10. The Hall–Kier alpha value is -1.42. The summed E-state index contributed by atoms with van der Waals surface area (Å²) in [4.78, 5) is 0. The van der Waals surface area contributed by atoms with Gasteiger partial charge in [0.05, 0.1) is 6.61 Å². The molecule has 0 spiro atoms. The first-order valence-electron chi connectivity index (χ1n) is 5.00. The highest BCUT2D eigenvalue weighted by Gasteiger charge is 2.26. The number of ether oxygens (including phenoxy) is 2. The lowest BCUT2D eigenvalue weighted by molar-refractivity contribution is 0.0668. The Labute approximate surface area is 88.1 Å². The Morgan fingerprint density at radius 3 is 3.00 bits per heavy atom. The van der Waals surface area contributed by atoms with Crippen LogP contribution < -0.4 is 4.74 Å². The molecule has 82 valence electrons. The summed E-state index contributed by atoms with van der Waals surface area (Å²) in [7, 11) is 0. The van der Waals surface area contributed by atoms with Gasteiger partial charge in [0, 0.05) is 24.7 Å². The van der Waals surface area contributed by atoms with E-state index in [0.717, 1.165) is 5.56 Å². The first-order chi connectivity index (χ1) is 7.20. The van der Waals surface area contributed by atoms with E-state index in [1.165, 1.54) is 6.07 Å². The lowest BCUT2D eigenvalue weighted by atomic mass is 10.1. The molecule has 0 aromatic heterocycles. The standard InChI is InChI=1S/C11H14O4/c1-2-14-6-9-4-7-3-8(12)5-10(13)11(7)15-9/h3,5,9,12-13H,2,4,6H2,1H3. The Balaban J connectivity index is 2.13. The van der Waals surface area contributed by atoms with E-state index in [9.17, 15) is 10.2 Å². The first-order valence-corrected chi connectivity index (χ1v) is 5.00. The zero-order chi connectivity index (χ0) is 10.8. The molecule has 0 aliphatic carbocycles. The van der Waals surface area contributed by atoms with E-state index >= 15 is 0 Å². The maximum atomic E-state index is 9.53. The summed E-state index contributed by atoms with van der Waals surface area (Å²) in [5, 5.41) is 18.8. The van der Waals surface area contributed by atoms with E-state index in [1.807, 2.05) is 6.92 Å². The number of hydrogen-bond donors (Lipinski definition) is 2. The molecule has 1 aromatic carbocycles. The van der Waals surface area contributed by atoms with E-state index in [4.69, 9.17) is 9.47 Å². The van der Waals surface area contributed by atoms with Crippen LogP contribution in [0.3, 0.4) is 0 Å². The summed E-state index contributed by atoms with van der Waals surface area (Å²) >= 11 is 0. The van der Waals surface area contributed by atoms with E-state index in [-0.39, 0.29) is 17.6 Å². The molecule has 4 nitrogen and oxygen atoms in total. The van der Waals surface area contributed by atoms with Crippen molar-refractivity contribution >= 4 is 0 Å². The van der Waals surface area contributed by atoms with E-state index < -0.39 is 0 Å². The second-order valence-corrected chi connectivity index (χ2v) is 3.56. The maximum Gasteiger partial charge on any atom is 0.165 e. The van der Waals surface area contributed by atoms with Gasteiger partial charge >= 0.3 is 0 Å². The topological polar surface area (TPSA) is 58.9 Å². The van der Waals surface area contributed by atoms with Gasteiger partial charge < -0.3 is 19.7 Å². The summed E-state index contributed by atoms with van der Waals surface area (Å²) in [5.41, 5.74) is 0.831. The smallest absolute Gasteiger partial charge is 0.165 e. The van der Waals surface area contributed by atoms with E-state index in [1.54, 1.807) is 6.07 Å². The zero-order valence-corrected chi connectivity index (χ0v) is 8.56. The molecule has 0 amide bonds. The van der Waals surface area contributed by atoms with Crippen molar-refractivity contribution in [3.8, 4) is 17.2 Å². The van der Waals surface area contributed by atoms with Gasteiger partial charge in [0.1, 0.15) is 11.9 Å². The van der Waals surface area contributed by atoms with Gasteiger partial charge in [0.15, 0.2) is 11.5 Å². The van der Waals surface area contributed by atoms with Crippen molar-refractivity contribution in [2.75, 3.05) is 13.2 Å². The molecule has 1 unspecified atom stereocenters. The number of rotatable bonds is 3. The van der Waals surface area contributed by atoms with Crippen molar-refractivity contribution in [2.24, 2.45) is 0 Å². The molecule has 0 radical (unpaired) electrons. The van der Waals surface area contributed by atoms with Crippen LogP contribution in [0, 0.1) is 0 Å². The van der Waals surface area contributed by atoms with Crippen LogP contribution in [0.4, 0.5) is 0 Å². The van der Waals surface area contributed by atoms with Crippen LogP contribution in [-0.4, -0.2) is 29.5 Å². The molecule has 1 aliphatic heterocycles. The number of benzene rings is 1. The molecule has 1 aromatic rings. The summed E-state index contributed by atoms with van der Waals surface area (Å²) < 4.78 is 10.8. The van der Waals surface area contributed by atoms with Crippen molar-refractivity contribution in [3.63, 3.8) is 0 Å². The highest BCUT2D eigenvalue weighted by atomic mass is 16.5. The average molecular weight is 210 g/mol. The Kier molecular flexibility index (Phi) is 2.68. The highest BCUT2D eigenvalue weighted by Crippen LogP contribution is 2.40. The van der Waals surface area contributed by atoms with Crippen LogP contribution in [0.15, 0.2) is 12.1 Å². The normalized spacial score (nSPS) is 18.6.